The lowest BCUT2D eigenvalue weighted by molar-refractivity contribution is 0.354. The first-order valence-corrected chi connectivity index (χ1v) is 7.83. The maximum Gasteiger partial charge on any atom is 0.162 e. The molecule has 0 bridgehead atoms. The molecule has 0 atom stereocenters. The van der Waals surface area contributed by atoms with Crippen molar-refractivity contribution >= 4 is 11.4 Å². The van der Waals surface area contributed by atoms with Gasteiger partial charge in [0.2, 0.25) is 0 Å². The first kappa shape index (κ1) is 17.0. The minimum Gasteiger partial charge on any atom is -0.493 e. The van der Waals surface area contributed by atoms with E-state index in [0.29, 0.717) is 5.75 Å². The summed E-state index contributed by atoms with van der Waals surface area (Å²) in [5, 5.41) is 0. The SMILES string of the molecule is COc1cc(N)c(CCCN(C)c2ccc(C)cc2)cc1OC. The second-order valence-corrected chi connectivity index (χ2v) is 5.77. The van der Waals surface area contributed by atoms with Gasteiger partial charge in [0.15, 0.2) is 11.5 Å². The molecule has 0 heterocycles. The second-order valence-electron chi connectivity index (χ2n) is 5.77. The average Bonchev–Trinajstić information content (AvgIpc) is 2.56. The van der Waals surface area contributed by atoms with E-state index in [-0.39, 0.29) is 0 Å². The zero-order valence-corrected chi connectivity index (χ0v) is 14.4. The number of hydrogen-bond donors (Lipinski definition) is 1. The van der Waals surface area contributed by atoms with Crippen molar-refractivity contribution < 1.29 is 9.47 Å². The summed E-state index contributed by atoms with van der Waals surface area (Å²) in [6, 6.07) is 12.4. The molecule has 2 aromatic rings. The number of anilines is 2. The van der Waals surface area contributed by atoms with Gasteiger partial charge in [-0.3, -0.25) is 0 Å². The quantitative estimate of drug-likeness (QED) is 0.792. The van der Waals surface area contributed by atoms with Gasteiger partial charge in [0.1, 0.15) is 0 Å². The highest BCUT2D eigenvalue weighted by molar-refractivity contribution is 5.58. The Morgan fingerprint density at radius 3 is 2.22 bits per heavy atom. The van der Waals surface area contributed by atoms with Crippen molar-refractivity contribution in [3.05, 3.63) is 47.5 Å². The van der Waals surface area contributed by atoms with Crippen LogP contribution in [0.1, 0.15) is 17.5 Å². The maximum absolute atomic E-state index is 6.12. The molecule has 0 unspecified atom stereocenters. The van der Waals surface area contributed by atoms with Crippen LogP contribution < -0.4 is 20.1 Å². The fourth-order valence-electron chi connectivity index (χ4n) is 2.59. The van der Waals surface area contributed by atoms with Gasteiger partial charge < -0.3 is 20.1 Å². The summed E-state index contributed by atoms with van der Waals surface area (Å²) in [5.41, 5.74) is 10.5. The fourth-order valence-corrected chi connectivity index (χ4v) is 2.59. The Labute approximate surface area is 138 Å². The lowest BCUT2D eigenvalue weighted by atomic mass is 10.1. The topological polar surface area (TPSA) is 47.7 Å². The molecule has 4 heteroatoms. The Morgan fingerprint density at radius 2 is 1.61 bits per heavy atom. The number of ether oxygens (including phenoxy) is 2. The van der Waals surface area contributed by atoms with Crippen LogP contribution in [0.15, 0.2) is 36.4 Å². The molecule has 2 N–H and O–H groups in total. The second kappa shape index (κ2) is 7.77. The van der Waals surface area contributed by atoms with E-state index < -0.39 is 0 Å². The van der Waals surface area contributed by atoms with Crippen LogP contribution in [0.5, 0.6) is 11.5 Å². The molecule has 2 aromatic carbocycles. The monoisotopic (exact) mass is 314 g/mol. The van der Waals surface area contributed by atoms with Crippen LogP contribution in [0.4, 0.5) is 11.4 Å². The van der Waals surface area contributed by atoms with Crippen LogP contribution in [0.25, 0.3) is 0 Å². The van der Waals surface area contributed by atoms with Crippen LogP contribution in [0.3, 0.4) is 0 Å². The fraction of sp³-hybridized carbons (Fsp3) is 0.368. The maximum atomic E-state index is 6.12. The van der Waals surface area contributed by atoms with E-state index >= 15 is 0 Å². The summed E-state index contributed by atoms with van der Waals surface area (Å²) in [6.45, 7) is 3.07. The van der Waals surface area contributed by atoms with Crippen LogP contribution in [0.2, 0.25) is 0 Å². The molecule has 124 valence electrons. The highest BCUT2D eigenvalue weighted by atomic mass is 16.5. The molecule has 23 heavy (non-hydrogen) atoms. The number of hydrogen-bond acceptors (Lipinski definition) is 4. The molecule has 0 saturated heterocycles. The Bertz CT molecular complexity index is 639. The lowest BCUT2D eigenvalue weighted by Crippen LogP contribution is -2.19. The van der Waals surface area contributed by atoms with E-state index in [9.17, 15) is 0 Å². The van der Waals surface area contributed by atoms with Crippen molar-refractivity contribution in [1.82, 2.24) is 0 Å². The predicted octanol–water partition coefficient (Wildman–Crippen LogP) is 3.66. The smallest absolute Gasteiger partial charge is 0.162 e. The molecule has 0 aromatic heterocycles. The standard InChI is InChI=1S/C19H26N2O2/c1-14-7-9-16(10-8-14)21(2)11-5-6-15-12-18(22-3)19(23-4)13-17(15)20/h7-10,12-13H,5-6,11,20H2,1-4H3. The van der Waals surface area contributed by atoms with Gasteiger partial charge in [-0.1, -0.05) is 17.7 Å². The molecule has 0 aliphatic heterocycles. The predicted molar refractivity (Wildman–Crippen MR) is 96.7 cm³/mol. The third-order valence-corrected chi connectivity index (χ3v) is 4.06. The van der Waals surface area contributed by atoms with Gasteiger partial charge in [-0.15, -0.1) is 0 Å². The van der Waals surface area contributed by atoms with Crippen molar-refractivity contribution in [3.8, 4) is 11.5 Å². The van der Waals surface area contributed by atoms with Crippen LogP contribution >= 0.6 is 0 Å². The van der Waals surface area contributed by atoms with Crippen LogP contribution in [-0.2, 0) is 6.42 Å². The highest BCUT2D eigenvalue weighted by Gasteiger charge is 2.09. The van der Waals surface area contributed by atoms with Gasteiger partial charge in [0.05, 0.1) is 14.2 Å². The summed E-state index contributed by atoms with van der Waals surface area (Å²) < 4.78 is 10.6. The molecule has 0 spiro atoms. The number of nitrogens with two attached hydrogens (primary N) is 1. The number of rotatable bonds is 7. The summed E-state index contributed by atoms with van der Waals surface area (Å²) in [5.74, 6) is 1.40. The number of methoxy groups -OCH3 is 2. The zero-order chi connectivity index (χ0) is 16.8. The molecular formula is C19H26N2O2. The van der Waals surface area contributed by atoms with Crippen LogP contribution in [0, 0.1) is 6.92 Å². The Hall–Kier alpha value is -2.36. The number of nitrogen functional groups attached to an aromatic ring is 1. The minimum absolute atomic E-state index is 0.672. The molecule has 0 aliphatic carbocycles. The van der Waals surface area contributed by atoms with E-state index in [1.807, 2.05) is 12.1 Å². The Morgan fingerprint density at radius 1 is 1.00 bits per heavy atom. The zero-order valence-electron chi connectivity index (χ0n) is 14.4. The average molecular weight is 314 g/mol. The van der Waals surface area contributed by atoms with E-state index in [4.69, 9.17) is 15.2 Å². The van der Waals surface area contributed by atoms with E-state index in [2.05, 4.69) is 43.1 Å². The number of nitrogens with zero attached hydrogens (tertiary/aromatic N) is 1. The number of benzene rings is 2. The molecule has 0 amide bonds. The minimum atomic E-state index is 0.672. The first-order valence-electron chi connectivity index (χ1n) is 7.83. The third kappa shape index (κ3) is 4.31. The van der Waals surface area contributed by atoms with Gasteiger partial charge in [-0.2, -0.15) is 0 Å². The molecule has 0 radical (unpaired) electrons. The van der Waals surface area contributed by atoms with Crippen molar-refractivity contribution in [2.24, 2.45) is 0 Å². The number of aryl methyl sites for hydroxylation is 2. The molecule has 2 rings (SSSR count). The third-order valence-electron chi connectivity index (χ3n) is 4.06. The van der Waals surface area contributed by atoms with E-state index in [1.54, 1.807) is 14.2 Å². The molecule has 0 aliphatic rings. The van der Waals surface area contributed by atoms with Gasteiger partial charge in [-0.05, 0) is 43.5 Å². The van der Waals surface area contributed by atoms with Gasteiger partial charge in [0.25, 0.3) is 0 Å². The van der Waals surface area contributed by atoms with E-state index in [0.717, 1.165) is 36.4 Å². The van der Waals surface area contributed by atoms with Crippen molar-refractivity contribution in [1.29, 1.82) is 0 Å². The van der Waals surface area contributed by atoms with Crippen LogP contribution in [-0.4, -0.2) is 27.8 Å². The largest absolute Gasteiger partial charge is 0.493 e. The Balaban J connectivity index is 1.97. The Kier molecular flexibility index (Phi) is 5.74. The van der Waals surface area contributed by atoms with E-state index in [1.165, 1.54) is 11.3 Å². The summed E-state index contributed by atoms with van der Waals surface area (Å²) in [4.78, 5) is 2.26. The van der Waals surface area contributed by atoms with Crippen molar-refractivity contribution in [3.63, 3.8) is 0 Å². The van der Waals surface area contributed by atoms with Crippen molar-refractivity contribution in [2.45, 2.75) is 19.8 Å². The molecule has 0 saturated carbocycles. The normalized spacial score (nSPS) is 10.4. The van der Waals surface area contributed by atoms with Gasteiger partial charge in [-0.25, -0.2) is 0 Å². The van der Waals surface area contributed by atoms with Crippen molar-refractivity contribution in [2.75, 3.05) is 38.4 Å². The highest BCUT2D eigenvalue weighted by Crippen LogP contribution is 2.32. The van der Waals surface area contributed by atoms with Gasteiger partial charge >= 0.3 is 0 Å². The lowest BCUT2D eigenvalue weighted by Gasteiger charge is -2.20. The summed E-state index contributed by atoms with van der Waals surface area (Å²) in [6.07, 6.45) is 1.92. The summed E-state index contributed by atoms with van der Waals surface area (Å²) in [7, 11) is 5.37. The molecular weight excluding hydrogens is 288 g/mol. The first-order chi connectivity index (χ1) is 11.0. The molecule has 0 fully saturated rings. The summed E-state index contributed by atoms with van der Waals surface area (Å²) >= 11 is 0. The van der Waals surface area contributed by atoms with Gasteiger partial charge in [0, 0.05) is 31.0 Å². The molecule has 4 nitrogen and oxygen atoms in total.